The molecule has 29 heavy (non-hydrogen) atoms. The fourth-order valence-corrected chi connectivity index (χ4v) is 2.85. The molecule has 0 radical (unpaired) electrons. The van der Waals surface area contributed by atoms with Crippen LogP contribution in [-0.2, 0) is 19.7 Å². The summed E-state index contributed by atoms with van der Waals surface area (Å²) in [5.74, 6) is 0.749. The van der Waals surface area contributed by atoms with Gasteiger partial charge in [0.05, 0.1) is 0 Å². The van der Waals surface area contributed by atoms with Crippen LogP contribution >= 0.6 is 0 Å². The molecule has 3 rings (SSSR count). The van der Waals surface area contributed by atoms with Gasteiger partial charge in [-0.3, -0.25) is 4.79 Å². The van der Waals surface area contributed by atoms with Crippen LogP contribution < -0.4 is 19.5 Å². The summed E-state index contributed by atoms with van der Waals surface area (Å²) in [5.41, 5.74) is 1.40. The number of ether oxygens (including phenoxy) is 4. The molecule has 0 spiro atoms. The zero-order valence-corrected chi connectivity index (χ0v) is 16.8. The predicted octanol–water partition coefficient (Wildman–Crippen LogP) is 3.32. The number of amides is 1. The summed E-state index contributed by atoms with van der Waals surface area (Å²) in [6.07, 6.45) is 0. The summed E-state index contributed by atoms with van der Waals surface area (Å²) < 4.78 is 21.5. The van der Waals surface area contributed by atoms with Crippen LogP contribution in [0.25, 0.3) is 0 Å². The highest BCUT2D eigenvalue weighted by atomic mass is 16.6. The molecular formula is C22H25NO6. The Kier molecular flexibility index (Phi) is 6.26. The minimum Gasteiger partial charge on any atom is -0.486 e. The van der Waals surface area contributed by atoms with Crippen molar-refractivity contribution in [1.29, 1.82) is 0 Å². The summed E-state index contributed by atoms with van der Waals surface area (Å²) in [7, 11) is 0. The molecule has 1 aliphatic heterocycles. The Morgan fingerprint density at radius 1 is 1.00 bits per heavy atom. The van der Waals surface area contributed by atoms with Gasteiger partial charge >= 0.3 is 5.97 Å². The Bertz CT molecular complexity index is 887. The number of para-hydroxylation sites is 1. The number of nitrogens with one attached hydrogen (secondary N) is 1. The summed E-state index contributed by atoms with van der Waals surface area (Å²) in [6, 6.07) is 12.6. The number of esters is 1. The SMILES string of the molecule is CC(C)(C)c1ccccc1OCC(=O)OCC(=O)Nc1ccc2c(c1)OCCO2. The number of hydrogen-bond donors (Lipinski definition) is 1. The Hall–Kier alpha value is -3.22. The van der Waals surface area contributed by atoms with E-state index in [1.165, 1.54) is 0 Å². The van der Waals surface area contributed by atoms with Gasteiger partial charge in [0.1, 0.15) is 19.0 Å². The van der Waals surface area contributed by atoms with E-state index in [0.717, 1.165) is 5.56 Å². The average Bonchev–Trinajstić information content (AvgIpc) is 2.70. The van der Waals surface area contributed by atoms with Gasteiger partial charge in [0.25, 0.3) is 5.91 Å². The second-order valence-corrected chi connectivity index (χ2v) is 7.60. The monoisotopic (exact) mass is 399 g/mol. The predicted molar refractivity (Wildman–Crippen MR) is 108 cm³/mol. The van der Waals surface area contributed by atoms with Crippen LogP contribution in [0.15, 0.2) is 42.5 Å². The normalized spacial score (nSPS) is 12.8. The highest BCUT2D eigenvalue weighted by Gasteiger charge is 2.19. The van der Waals surface area contributed by atoms with Crippen LogP contribution in [-0.4, -0.2) is 38.3 Å². The van der Waals surface area contributed by atoms with Crippen molar-refractivity contribution in [3.8, 4) is 17.2 Å². The van der Waals surface area contributed by atoms with Crippen LogP contribution in [0.5, 0.6) is 17.2 Å². The first-order valence-electron chi connectivity index (χ1n) is 9.40. The van der Waals surface area contributed by atoms with Crippen LogP contribution in [0.1, 0.15) is 26.3 Å². The first kappa shape index (κ1) is 20.5. The zero-order valence-electron chi connectivity index (χ0n) is 16.8. The van der Waals surface area contributed by atoms with Crippen LogP contribution in [0.3, 0.4) is 0 Å². The summed E-state index contributed by atoms with van der Waals surface area (Å²) >= 11 is 0. The molecule has 0 fully saturated rings. The van der Waals surface area contributed by atoms with E-state index >= 15 is 0 Å². The van der Waals surface area contributed by atoms with E-state index in [2.05, 4.69) is 26.1 Å². The first-order valence-corrected chi connectivity index (χ1v) is 9.40. The minimum absolute atomic E-state index is 0.121. The molecule has 1 heterocycles. The fourth-order valence-electron chi connectivity index (χ4n) is 2.85. The van der Waals surface area contributed by atoms with Crippen molar-refractivity contribution in [2.75, 3.05) is 31.7 Å². The van der Waals surface area contributed by atoms with Gasteiger partial charge in [-0.25, -0.2) is 4.79 Å². The van der Waals surface area contributed by atoms with Crippen molar-refractivity contribution in [1.82, 2.24) is 0 Å². The van der Waals surface area contributed by atoms with Gasteiger partial charge in [0, 0.05) is 11.8 Å². The minimum atomic E-state index is -0.619. The number of benzene rings is 2. The molecule has 154 valence electrons. The van der Waals surface area contributed by atoms with Crippen molar-refractivity contribution in [3.05, 3.63) is 48.0 Å². The van der Waals surface area contributed by atoms with Gasteiger partial charge in [0.2, 0.25) is 0 Å². The van der Waals surface area contributed by atoms with Gasteiger partial charge in [-0.1, -0.05) is 39.0 Å². The smallest absolute Gasteiger partial charge is 0.344 e. The highest BCUT2D eigenvalue weighted by Crippen LogP contribution is 2.32. The maximum absolute atomic E-state index is 12.0. The first-order chi connectivity index (χ1) is 13.8. The molecule has 0 saturated carbocycles. The van der Waals surface area contributed by atoms with Crippen LogP contribution in [0.2, 0.25) is 0 Å². The quantitative estimate of drug-likeness (QED) is 0.751. The third kappa shape index (κ3) is 5.63. The van der Waals surface area contributed by atoms with Gasteiger partial charge in [-0.2, -0.15) is 0 Å². The lowest BCUT2D eigenvalue weighted by atomic mass is 9.86. The van der Waals surface area contributed by atoms with Crippen molar-refractivity contribution < 1.29 is 28.5 Å². The highest BCUT2D eigenvalue weighted by molar-refractivity contribution is 5.93. The molecule has 7 heteroatoms. The number of fused-ring (bicyclic) bond motifs is 1. The second-order valence-electron chi connectivity index (χ2n) is 7.60. The molecule has 0 unspecified atom stereocenters. The largest absolute Gasteiger partial charge is 0.486 e. The topological polar surface area (TPSA) is 83.1 Å². The molecule has 1 amide bonds. The number of hydrogen-bond acceptors (Lipinski definition) is 6. The van der Waals surface area contributed by atoms with Crippen LogP contribution in [0.4, 0.5) is 5.69 Å². The molecule has 0 aliphatic carbocycles. The van der Waals surface area contributed by atoms with E-state index in [0.29, 0.717) is 36.1 Å². The number of anilines is 1. The molecule has 1 N–H and O–H groups in total. The average molecular weight is 399 g/mol. The Morgan fingerprint density at radius 2 is 1.72 bits per heavy atom. The summed E-state index contributed by atoms with van der Waals surface area (Å²) in [4.78, 5) is 24.0. The van der Waals surface area contributed by atoms with Gasteiger partial charge in [0.15, 0.2) is 24.7 Å². The maximum Gasteiger partial charge on any atom is 0.344 e. The summed E-state index contributed by atoms with van der Waals surface area (Å²) in [5, 5.41) is 2.66. The van der Waals surface area contributed by atoms with Crippen LogP contribution in [0, 0.1) is 0 Å². The molecule has 0 bridgehead atoms. The van der Waals surface area contributed by atoms with E-state index in [-0.39, 0.29) is 12.0 Å². The second kappa shape index (κ2) is 8.86. The van der Waals surface area contributed by atoms with Crippen molar-refractivity contribution in [3.63, 3.8) is 0 Å². The standard InChI is InChI=1S/C22H25NO6/c1-22(2,3)16-6-4-5-7-17(16)28-14-21(25)29-13-20(24)23-15-8-9-18-19(12-15)27-11-10-26-18/h4-9,12H,10-11,13-14H2,1-3H3,(H,23,24). The van der Waals surface area contributed by atoms with E-state index in [1.807, 2.05) is 24.3 Å². The Labute approximate surface area is 169 Å². The van der Waals surface area contributed by atoms with Gasteiger partial charge in [-0.15, -0.1) is 0 Å². The van der Waals surface area contributed by atoms with E-state index in [9.17, 15) is 9.59 Å². The lowest BCUT2D eigenvalue weighted by Crippen LogP contribution is -2.24. The molecular weight excluding hydrogens is 374 g/mol. The van der Waals surface area contributed by atoms with Crippen molar-refractivity contribution in [2.24, 2.45) is 0 Å². The lowest BCUT2D eigenvalue weighted by Gasteiger charge is -2.22. The number of carbonyl (C=O) groups is 2. The van der Waals surface area contributed by atoms with E-state index < -0.39 is 18.5 Å². The molecule has 0 aromatic heterocycles. The van der Waals surface area contributed by atoms with Crippen molar-refractivity contribution in [2.45, 2.75) is 26.2 Å². The fraction of sp³-hybridized carbons (Fsp3) is 0.364. The van der Waals surface area contributed by atoms with Gasteiger partial charge < -0.3 is 24.3 Å². The Balaban J connectivity index is 1.47. The zero-order chi connectivity index (χ0) is 20.9. The third-order valence-corrected chi connectivity index (χ3v) is 4.23. The Morgan fingerprint density at radius 3 is 2.48 bits per heavy atom. The van der Waals surface area contributed by atoms with Crippen molar-refractivity contribution >= 4 is 17.6 Å². The molecule has 0 saturated heterocycles. The van der Waals surface area contributed by atoms with E-state index in [4.69, 9.17) is 18.9 Å². The lowest BCUT2D eigenvalue weighted by molar-refractivity contribution is -0.149. The third-order valence-electron chi connectivity index (χ3n) is 4.23. The molecule has 0 atom stereocenters. The molecule has 7 nitrogen and oxygen atoms in total. The van der Waals surface area contributed by atoms with E-state index in [1.54, 1.807) is 18.2 Å². The number of carbonyl (C=O) groups excluding carboxylic acids is 2. The molecule has 2 aromatic rings. The maximum atomic E-state index is 12.0. The molecule has 1 aliphatic rings. The van der Waals surface area contributed by atoms with Gasteiger partial charge in [-0.05, 0) is 29.2 Å². The summed E-state index contributed by atoms with van der Waals surface area (Å²) in [6.45, 7) is 6.47. The number of rotatable bonds is 6. The molecule has 2 aromatic carbocycles.